The SMILES string of the molecule is NCCCCNC1CCN(c2ccccc2)CC1. The van der Waals surface area contributed by atoms with Crippen LogP contribution in [0.2, 0.25) is 0 Å². The van der Waals surface area contributed by atoms with Gasteiger partial charge in [-0.1, -0.05) is 18.2 Å². The van der Waals surface area contributed by atoms with Crippen LogP contribution in [0.3, 0.4) is 0 Å². The van der Waals surface area contributed by atoms with E-state index in [2.05, 4.69) is 40.5 Å². The van der Waals surface area contributed by atoms with Crippen LogP contribution in [0.1, 0.15) is 25.7 Å². The normalized spacial score (nSPS) is 17.1. The fourth-order valence-corrected chi connectivity index (χ4v) is 2.56. The van der Waals surface area contributed by atoms with Gasteiger partial charge in [0.25, 0.3) is 0 Å². The lowest BCUT2D eigenvalue weighted by Crippen LogP contribution is -2.42. The molecule has 0 atom stereocenters. The fourth-order valence-electron chi connectivity index (χ4n) is 2.56. The molecule has 0 bridgehead atoms. The number of hydrogen-bond acceptors (Lipinski definition) is 3. The minimum absolute atomic E-state index is 0.697. The van der Waals surface area contributed by atoms with E-state index < -0.39 is 0 Å². The Morgan fingerprint density at radius 1 is 1.11 bits per heavy atom. The molecule has 0 spiro atoms. The molecule has 1 aliphatic heterocycles. The molecule has 3 heteroatoms. The molecule has 1 heterocycles. The van der Waals surface area contributed by atoms with Gasteiger partial charge in [-0.3, -0.25) is 0 Å². The summed E-state index contributed by atoms with van der Waals surface area (Å²) in [4.78, 5) is 2.48. The first kappa shape index (κ1) is 13.4. The monoisotopic (exact) mass is 247 g/mol. The molecule has 0 saturated carbocycles. The molecule has 0 unspecified atom stereocenters. The summed E-state index contributed by atoms with van der Waals surface area (Å²) in [6, 6.07) is 11.4. The van der Waals surface area contributed by atoms with Crippen molar-refractivity contribution in [3.05, 3.63) is 30.3 Å². The van der Waals surface area contributed by atoms with Crippen LogP contribution in [0.15, 0.2) is 30.3 Å². The molecule has 3 nitrogen and oxygen atoms in total. The number of nitrogens with one attached hydrogen (secondary N) is 1. The van der Waals surface area contributed by atoms with Gasteiger partial charge in [-0.25, -0.2) is 0 Å². The van der Waals surface area contributed by atoms with Crippen molar-refractivity contribution in [3.63, 3.8) is 0 Å². The summed E-state index contributed by atoms with van der Waals surface area (Å²) in [5, 5.41) is 3.65. The molecule has 0 aromatic heterocycles. The third kappa shape index (κ3) is 4.00. The standard InChI is InChI=1S/C15H25N3/c16-10-4-5-11-17-14-8-12-18(13-9-14)15-6-2-1-3-7-15/h1-3,6-7,14,17H,4-5,8-13,16H2. The molecule has 1 saturated heterocycles. The summed E-state index contributed by atoms with van der Waals surface area (Å²) < 4.78 is 0. The molecule has 1 aromatic carbocycles. The fraction of sp³-hybridized carbons (Fsp3) is 0.600. The van der Waals surface area contributed by atoms with Gasteiger partial charge in [-0.05, 0) is 50.9 Å². The maximum absolute atomic E-state index is 5.50. The van der Waals surface area contributed by atoms with Crippen LogP contribution in [0.4, 0.5) is 5.69 Å². The minimum atomic E-state index is 0.697. The Labute approximate surface area is 110 Å². The summed E-state index contributed by atoms with van der Waals surface area (Å²) in [7, 11) is 0. The molecule has 2 rings (SSSR count). The van der Waals surface area contributed by atoms with Crippen molar-refractivity contribution >= 4 is 5.69 Å². The van der Waals surface area contributed by atoms with Gasteiger partial charge < -0.3 is 16.0 Å². The molecule has 18 heavy (non-hydrogen) atoms. The zero-order chi connectivity index (χ0) is 12.6. The summed E-state index contributed by atoms with van der Waals surface area (Å²) >= 11 is 0. The summed E-state index contributed by atoms with van der Waals surface area (Å²) in [5.74, 6) is 0. The van der Waals surface area contributed by atoms with Crippen molar-refractivity contribution in [1.29, 1.82) is 0 Å². The van der Waals surface area contributed by atoms with E-state index in [1.165, 1.54) is 38.0 Å². The third-order valence-corrected chi connectivity index (χ3v) is 3.68. The van der Waals surface area contributed by atoms with E-state index in [9.17, 15) is 0 Å². The first-order valence-electron chi connectivity index (χ1n) is 7.13. The van der Waals surface area contributed by atoms with Gasteiger partial charge in [0.1, 0.15) is 0 Å². The van der Waals surface area contributed by atoms with Crippen LogP contribution in [-0.2, 0) is 0 Å². The quantitative estimate of drug-likeness (QED) is 0.755. The van der Waals surface area contributed by atoms with Gasteiger partial charge in [-0.2, -0.15) is 0 Å². The van der Waals surface area contributed by atoms with E-state index in [1.807, 2.05) is 0 Å². The Hall–Kier alpha value is -1.06. The topological polar surface area (TPSA) is 41.3 Å². The van der Waals surface area contributed by atoms with Crippen LogP contribution in [0, 0.1) is 0 Å². The van der Waals surface area contributed by atoms with Crippen molar-refractivity contribution in [2.24, 2.45) is 5.73 Å². The second kappa shape index (κ2) is 7.39. The summed E-state index contributed by atoms with van der Waals surface area (Å²) in [6.07, 6.45) is 4.83. The number of rotatable bonds is 6. The van der Waals surface area contributed by atoms with E-state index in [-0.39, 0.29) is 0 Å². The van der Waals surface area contributed by atoms with E-state index in [4.69, 9.17) is 5.73 Å². The van der Waals surface area contributed by atoms with Crippen LogP contribution in [0.5, 0.6) is 0 Å². The zero-order valence-corrected chi connectivity index (χ0v) is 11.1. The van der Waals surface area contributed by atoms with Crippen molar-refractivity contribution in [3.8, 4) is 0 Å². The lowest BCUT2D eigenvalue weighted by Gasteiger charge is -2.34. The van der Waals surface area contributed by atoms with Crippen LogP contribution in [0.25, 0.3) is 0 Å². The van der Waals surface area contributed by atoms with Crippen molar-refractivity contribution < 1.29 is 0 Å². The van der Waals surface area contributed by atoms with Crippen molar-refractivity contribution in [2.75, 3.05) is 31.1 Å². The Bertz CT molecular complexity index is 318. The Kier molecular flexibility index (Phi) is 5.49. The number of para-hydroxylation sites is 1. The van der Waals surface area contributed by atoms with Gasteiger partial charge in [0.2, 0.25) is 0 Å². The number of hydrogen-bond donors (Lipinski definition) is 2. The Morgan fingerprint density at radius 2 is 1.83 bits per heavy atom. The minimum Gasteiger partial charge on any atom is -0.371 e. The molecular weight excluding hydrogens is 222 g/mol. The lowest BCUT2D eigenvalue weighted by molar-refractivity contribution is 0.411. The molecule has 0 aliphatic carbocycles. The number of unbranched alkanes of at least 4 members (excludes halogenated alkanes) is 1. The van der Waals surface area contributed by atoms with Gasteiger partial charge in [0, 0.05) is 24.8 Å². The van der Waals surface area contributed by atoms with Crippen LogP contribution < -0.4 is 16.0 Å². The highest BCUT2D eigenvalue weighted by molar-refractivity contribution is 5.46. The number of nitrogens with zero attached hydrogens (tertiary/aromatic N) is 1. The highest BCUT2D eigenvalue weighted by atomic mass is 15.1. The lowest BCUT2D eigenvalue weighted by atomic mass is 10.0. The zero-order valence-electron chi connectivity index (χ0n) is 11.1. The van der Waals surface area contributed by atoms with Gasteiger partial charge in [-0.15, -0.1) is 0 Å². The van der Waals surface area contributed by atoms with E-state index >= 15 is 0 Å². The first-order valence-corrected chi connectivity index (χ1v) is 7.13. The largest absolute Gasteiger partial charge is 0.371 e. The van der Waals surface area contributed by atoms with Gasteiger partial charge in [0.15, 0.2) is 0 Å². The average Bonchev–Trinajstić information content (AvgIpc) is 2.45. The maximum atomic E-state index is 5.50. The maximum Gasteiger partial charge on any atom is 0.0366 e. The molecule has 1 aliphatic rings. The second-order valence-electron chi connectivity index (χ2n) is 5.05. The summed E-state index contributed by atoms with van der Waals surface area (Å²) in [5.41, 5.74) is 6.86. The molecule has 0 radical (unpaired) electrons. The smallest absolute Gasteiger partial charge is 0.0366 e. The predicted molar refractivity (Wildman–Crippen MR) is 78.0 cm³/mol. The molecular formula is C15H25N3. The van der Waals surface area contributed by atoms with E-state index in [1.54, 1.807) is 0 Å². The molecule has 100 valence electrons. The number of piperidine rings is 1. The van der Waals surface area contributed by atoms with Crippen molar-refractivity contribution in [1.82, 2.24) is 5.32 Å². The highest BCUT2D eigenvalue weighted by Crippen LogP contribution is 2.19. The highest BCUT2D eigenvalue weighted by Gasteiger charge is 2.18. The van der Waals surface area contributed by atoms with Crippen LogP contribution >= 0.6 is 0 Å². The molecule has 1 fully saturated rings. The van der Waals surface area contributed by atoms with Crippen molar-refractivity contribution in [2.45, 2.75) is 31.7 Å². The molecule has 3 N–H and O–H groups in total. The number of nitrogens with two attached hydrogens (primary N) is 1. The molecule has 0 amide bonds. The third-order valence-electron chi connectivity index (χ3n) is 3.68. The van der Waals surface area contributed by atoms with E-state index in [0.29, 0.717) is 6.04 Å². The average molecular weight is 247 g/mol. The number of anilines is 1. The Balaban J connectivity index is 1.68. The Morgan fingerprint density at radius 3 is 2.50 bits per heavy atom. The van der Waals surface area contributed by atoms with Gasteiger partial charge >= 0.3 is 0 Å². The number of benzene rings is 1. The first-order chi connectivity index (χ1) is 8.90. The van der Waals surface area contributed by atoms with E-state index in [0.717, 1.165) is 19.5 Å². The summed E-state index contributed by atoms with van der Waals surface area (Å²) in [6.45, 7) is 4.26. The second-order valence-corrected chi connectivity index (χ2v) is 5.05. The molecule has 1 aromatic rings. The van der Waals surface area contributed by atoms with Crippen LogP contribution in [-0.4, -0.2) is 32.2 Å². The predicted octanol–water partition coefficient (Wildman–Crippen LogP) is 1.98. The van der Waals surface area contributed by atoms with Gasteiger partial charge in [0.05, 0.1) is 0 Å².